The lowest BCUT2D eigenvalue weighted by molar-refractivity contribution is -0.118. The summed E-state index contributed by atoms with van der Waals surface area (Å²) in [4.78, 5) is 10.8. The number of nitrogens with one attached hydrogen (secondary N) is 2. The van der Waals surface area contributed by atoms with E-state index < -0.39 is 0 Å². The smallest absolute Gasteiger partial charge is 0.216 e. The second-order valence-electron chi connectivity index (χ2n) is 5.35. The first-order valence-corrected chi connectivity index (χ1v) is 7.49. The van der Waals surface area contributed by atoms with Gasteiger partial charge in [0, 0.05) is 19.5 Å². The first kappa shape index (κ1) is 14.8. The van der Waals surface area contributed by atoms with Crippen molar-refractivity contribution in [2.24, 2.45) is 0 Å². The molecule has 2 N–H and O–H groups in total. The van der Waals surface area contributed by atoms with Crippen LogP contribution in [0.4, 0.5) is 0 Å². The van der Waals surface area contributed by atoms with E-state index in [2.05, 4.69) is 47.0 Å². The van der Waals surface area contributed by atoms with Gasteiger partial charge in [0.25, 0.3) is 0 Å². The SMILES string of the molecule is CC(=O)NCCCNC1C=C(c2ccccc2)CCC1. The minimum atomic E-state index is 0.0499. The Morgan fingerprint density at radius 3 is 2.80 bits per heavy atom. The zero-order chi connectivity index (χ0) is 14.2. The summed E-state index contributed by atoms with van der Waals surface area (Å²) in [6, 6.07) is 11.1. The molecular formula is C17H24N2O. The summed E-state index contributed by atoms with van der Waals surface area (Å²) in [6.45, 7) is 3.26. The standard InChI is InChI=1S/C17H24N2O/c1-14(20)18-11-6-12-19-17-10-5-9-16(13-17)15-7-3-2-4-8-15/h2-4,7-8,13,17,19H,5-6,9-12H2,1H3,(H,18,20). The highest BCUT2D eigenvalue weighted by Crippen LogP contribution is 2.26. The van der Waals surface area contributed by atoms with E-state index in [4.69, 9.17) is 0 Å². The number of hydrogen-bond donors (Lipinski definition) is 2. The van der Waals surface area contributed by atoms with Crippen LogP contribution in [0.3, 0.4) is 0 Å². The average molecular weight is 272 g/mol. The molecule has 0 aromatic heterocycles. The quantitative estimate of drug-likeness (QED) is 0.782. The molecule has 0 fully saturated rings. The Morgan fingerprint density at radius 1 is 1.25 bits per heavy atom. The van der Waals surface area contributed by atoms with Crippen molar-refractivity contribution >= 4 is 11.5 Å². The van der Waals surface area contributed by atoms with Crippen molar-refractivity contribution in [1.29, 1.82) is 0 Å². The van der Waals surface area contributed by atoms with Crippen molar-refractivity contribution in [3.63, 3.8) is 0 Å². The van der Waals surface area contributed by atoms with Gasteiger partial charge in [-0.15, -0.1) is 0 Å². The van der Waals surface area contributed by atoms with Gasteiger partial charge in [0.15, 0.2) is 0 Å². The molecule has 0 saturated heterocycles. The minimum Gasteiger partial charge on any atom is -0.356 e. The topological polar surface area (TPSA) is 41.1 Å². The molecule has 1 amide bonds. The van der Waals surface area contributed by atoms with Crippen molar-refractivity contribution < 1.29 is 4.79 Å². The van der Waals surface area contributed by atoms with Crippen LogP contribution in [0, 0.1) is 0 Å². The van der Waals surface area contributed by atoms with Crippen LogP contribution in [-0.4, -0.2) is 25.0 Å². The monoisotopic (exact) mass is 272 g/mol. The normalized spacial score (nSPS) is 18.4. The number of hydrogen-bond acceptors (Lipinski definition) is 2. The van der Waals surface area contributed by atoms with Gasteiger partial charge >= 0.3 is 0 Å². The molecule has 108 valence electrons. The third-order valence-electron chi connectivity index (χ3n) is 3.64. The van der Waals surface area contributed by atoms with Gasteiger partial charge in [-0.25, -0.2) is 0 Å². The van der Waals surface area contributed by atoms with Gasteiger partial charge in [-0.3, -0.25) is 4.79 Å². The molecule has 0 heterocycles. The van der Waals surface area contributed by atoms with Crippen LogP contribution in [0.1, 0.15) is 38.2 Å². The molecule has 0 bridgehead atoms. The van der Waals surface area contributed by atoms with Gasteiger partial charge in [-0.1, -0.05) is 36.4 Å². The fraction of sp³-hybridized carbons (Fsp3) is 0.471. The van der Waals surface area contributed by atoms with Gasteiger partial charge in [-0.05, 0) is 43.4 Å². The highest BCUT2D eigenvalue weighted by molar-refractivity contribution is 5.72. The van der Waals surface area contributed by atoms with E-state index in [1.807, 2.05) is 0 Å². The summed E-state index contributed by atoms with van der Waals surface area (Å²) in [6.07, 6.45) is 6.97. The van der Waals surface area contributed by atoms with E-state index in [-0.39, 0.29) is 5.91 Å². The maximum atomic E-state index is 10.8. The van der Waals surface area contributed by atoms with E-state index in [1.54, 1.807) is 6.92 Å². The number of allylic oxidation sites excluding steroid dienone is 1. The Balaban J connectivity index is 1.79. The molecule has 0 radical (unpaired) electrons. The van der Waals surface area contributed by atoms with Crippen LogP contribution in [-0.2, 0) is 4.79 Å². The summed E-state index contributed by atoms with van der Waals surface area (Å²) in [5, 5.41) is 6.39. The molecule has 1 atom stereocenters. The van der Waals surface area contributed by atoms with E-state index >= 15 is 0 Å². The van der Waals surface area contributed by atoms with Crippen LogP contribution in [0.15, 0.2) is 36.4 Å². The summed E-state index contributed by atoms with van der Waals surface area (Å²) in [7, 11) is 0. The van der Waals surface area contributed by atoms with Gasteiger partial charge in [0.2, 0.25) is 5.91 Å². The molecule has 1 aliphatic carbocycles. The molecule has 0 aliphatic heterocycles. The van der Waals surface area contributed by atoms with Crippen molar-refractivity contribution in [1.82, 2.24) is 10.6 Å². The maximum Gasteiger partial charge on any atom is 0.216 e. The van der Waals surface area contributed by atoms with Crippen molar-refractivity contribution in [2.45, 2.75) is 38.6 Å². The van der Waals surface area contributed by atoms with Gasteiger partial charge < -0.3 is 10.6 Å². The van der Waals surface area contributed by atoms with Gasteiger partial charge in [-0.2, -0.15) is 0 Å². The molecule has 20 heavy (non-hydrogen) atoms. The molecular weight excluding hydrogens is 248 g/mol. The molecule has 3 heteroatoms. The van der Waals surface area contributed by atoms with E-state index in [9.17, 15) is 4.79 Å². The molecule has 1 aromatic rings. The fourth-order valence-corrected chi connectivity index (χ4v) is 2.62. The Bertz CT molecular complexity index is 453. The second kappa shape index (κ2) is 7.85. The predicted octanol–water partition coefficient (Wildman–Crippen LogP) is 2.74. The lowest BCUT2D eigenvalue weighted by atomic mass is 9.91. The zero-order valence-corrected chi connectivity index (χ0v) is 12.2. The van der Waals surface area contributed by atoms with Crippen molar-refractivity contribution in [2.75, 3.05) is 13.1 Å². The Labute approximate surface area is 121 Å². The summed E-state index contributed by atoms with van der Waals surface area (Å²) < 4.78 is 0. The lowest BCUT2D eigenvalue weighted by Crippen LogP contribution is -2.32. The van der Waals surface area contributed by atoms with Crippen LogP contribution >= 0.6 is 0 Å². The molecule has 1 unspecified atom stereocenters. The number of rotatable bonds is 6. The summed E-state index contributed by atoms with van der Waals surface area (Å²) in [5.41, 5.74) is 2.80. The fourth-order valence-electron chi connectivity index (χ4n) is 2.62. The Hall–Kier alpha value is -1.61. The largest absolute Gasteiger partial charge is 0.356 e. The number of carbonyl (C=O) groups is 1. The molecule has 1 aromatic carbocycles. The molecule has 1 aliphatic rings. The third kappa shape index (κ3) is 4.82. The molecule has 3 nitrogen and oxygen atoms in total. The molecule has 0 saturated carbocycles. The number of carbonyl (C=O) groups excluding carboxylic acids is 1. The highest BCUT2D eigenvalue weighted by atomic mass is 16.1. The Morgan fingerprint density at radius 2 is 2.05 bits per heavy atom. The van der Waals surface area contributed by atoms with E-state index in [0.29, 0.717) is 6.04 Å². The van der Waals surface area contributed by atoms with Gasteiger partial charge in [0.05, 0.1) is 0 Å². The second-order valence-corrected chi connectivity index (χ2v) is 5.35. The van der Waals surface area contributed by atoms with Crippen LogP contribution < -0.4 is 10.6 Å². The van der Waals surface area contributed by atoms with Crippen molar-refractivity contribution in [3.8, 4) is 0 Å². The Kier molecular flexibility index (Phi) is 5.81. The lowest BCUT2D eigenvalue weighted by Gasteiger charge is -2.22. The highest BCUT2D eigenvalue weighted by Gasteiger charge is 2.13. The number of benzene rings is 1. The van der Waals surface area contributed by atoms with Gasteiger partial charge in [0.1, 0.15) is 0 Å². The minimum absolute atomic E-state index is 0.0499. The van der Waals surface area contributed by atoms with Crippen LogP contribution in [0.2, 0.25) is 0 Å². The molecule has 2 rings (SSSR count). The average Bonchev–Trinajstić information content (AvgIpc) is 2.48. The summed E-state index contributed by atoms with van der Waals surface area (Å²) >= 11 is 0. The van der Waals surface area contributed by atoms with Crippen LogP contribution in [0.25, 0.3) is 5.57 Å². The maximum absolute atomic E-state index is 10.8. The zero-order valence-electron chi connectivity index (χ0n) is 12.2. The third-order valence-corrected chi connectivity index (χ3v) is 3.64. The first-order chi connectivity index (χ1) is 9.75. The predicted molar refractivity (Wildman–Crippen MR) is 83.4 cm³/mol. The van der Waals surface area contributed by atoms with E-state index in [1.165, 1.54) is 30.4 Å². The van der Waals surface area contributed by atoms with Crippen molar-refractivity contribution in [3.05, 3.63) is 42.0 Å². The molecule has 0 spiro atoms. The van der Waals surface area contributed by atoms with E-state index in [0.717, 1.165) is 19.5 Å². The summed E-state index contributed by atoms with van der Waals surface area (Å²) in [5.74, 6) is 0.0499. The first-order valence-electron chi connectivity index (χ1n) is 7.49. The van der Waals surface area contributed by atoms with Crippen LogP contribution in [0.5, 0.6) is 0 Å². The number of amides is 1.